The predicted octanol–water partition coefficient (Wildman–Crippen LogP) is 2.88. The van der Waals surface area contributed by atoms with Crippen molar-refractivity contribution < 1.29 is 0 Å². The normalized spacial score (nSPS) is 8.50. The molecule has 1 aromatic carbocycles. The molecule has 0 spiro atoms. The maximum Gasteiger partial charge on any atom is 0.0765 e. The average molecular weight is 224 g/mol. The van der Waals surface area contributed by atoms with Crippen LogP contribution >= 0.6 is 15.9 Å². The predicted molar refractivity (Wildman–Crippen MR) is 56.1 cm³/mol. The zero-order valence-corrected chi connectivity index (χ0v) is 8.48. The largest absolute Gasteiger partial charge is 0.374 e. The van der Waals surface area contributed by atoms with Crippen molar-refractivity contribution in [2.75, 3.05) is 11.9 Å². The van der Waals surface area contributed by atoms with E-state index in [1.54, 1.807) is 0 Å². The lowest BCUT2D eigenvalue weighted by atomic mass is 10.3. The van der Waals surface area contributed by atoms with Crippen LogP contribution in [0.25, 0.3) is 0 Å². The minimum atomic E-state index is 0.706. The molecule has 1 N–H and O–H groups in total. The molecule has 0 atom stereocenters. The molecule has 1 rings (SSSR count). The van der Waals surface area contributed by atoms with E-state index >= 15 is 0 Å². The van der Waals surface area contributed by atoms with Crippen molar-refractivity contribution in [3.8, 4) is 11.8 Å². The highest BCUT2D eigenvalue weighted by Gasteiger charge is 1.88. The number of nitrogens with one attached hydrogen (secondary N) is 1. The third kappa shape index (κ3) is 2.98. The fraction of sp³-hybridized carbons (Fsp3) is 0.200. The molecular weight excluding hydrogens is 214 g/mol. The highest BCUT2D eigenvalue weighted by Crippen LogP contribution is 2.13. The molecule has 0 bridgehead atoms. The minimum absolute atomic E-state index is 0.706. The first-order valence-electron chi connectivity index (χ1n) is 3.72. The zero-order chi connectivity index (χ0) is 8.81. The molecule has 0 fully saturated rings. The average Bonchev–Trinajstić information content (AvgIpc) is 2.09. The van der Waals surface area contributed by atoms with Crippen molar-refractivity contribution >= 4 is 21.6 Å². The van der Waals surface area contributed by atoms with Gasteiger partial charge in [-0.25, -0.2) is 0 Å². The van der Waals surface area contributed by atoms with Gasteiger partial charge in [0.05, 0.1) is 6.54 Å². The van der Waals surface area contributed by atoms with Gasteiger partial charge in [0.1, 0.15) is 0 Å². The van der Waals surface area contributed by atoms with Gasteiger partial charge < -0.3 is 5.32 Å². The lowest BCUT2D eigenvalue weighted by Crippen LogP contribution is -1.97. The summed E-state index contributed by atoms with van der Waals surface area (Å²) in [4.78, 5) is 0. The molecule has 0 aromatic heterocycles. The Labute approximate surface area is 81.3 Å². The number of benzene rings is 1. The summed E-state index contributed by atoms with van der Waals surface area (Å²) in [5.74, 6) is 5.77. The van der Waals surface area contributed by atoms with E-state index in [1.807, 2.05) is 31.2 Å². The van der Waals surface area contributed by atoms with Crippen LogP contribution in [0.4, 0.5) is 5.69 Å². The molecule has 0 aliphatic rings. The van der Waals surface area contributed by atoms with Gasteiger partial charge in [-0.15, -0.1) is 5.92 Å². The van der Waals surface area contributed by atoms with Crippen LogP contribution in [0.1, 0.15) is 6.92 Å². The molecule has 2 heteroatoms. The summed E-state index contributed by atoms with van der Waals surface area (Å²) in [6.45, 7) is 2.54. The van der Waals surface area contributed by atoms with E-state index in [1.165, 1.54) is 0 Å². The van der Waals surface area contributed by atoms with Crippen molar-refractivity contribution in [3.05, 3.63) is 28.7 Å². The van der Waals surface area contributed by atoms with Gasteiger partial charge in [0.25, 0.3) is 0 Å². The maximum atomic E-state index is 3.37. The molecule has 1 nitrogen and oxygen atoms in total. The van der Waals surface area contributed by atoms with Gasteiger partial charge in [0.15, 0.2) is 0 Å². The molecule has 0 aliphatic carbocycles. The van der Waals surface area contributed by atoms with Crippen LogP contribution in [-0.2, 0) is 0 Å². The maximum absolute atomic E-state index is 3.37. The summed E-state index contributed by atoms with van der Waals surface area (Å²) in [6, 6.07) is 8.03. The van der Waals surface area contributed by atoms with Crippen LogP contribution in [-0.4, -0.2) is 6.54 Å². The Bertz CT molecular complexity index is 292. The summed E-state index contributed by atoms with van der Waals surface area (Å²) in [5.41, 5.74) is 1.10. The molecule has 12 heavy (non-hydrogen) atoms. The van der Waals surface area contributed by atoms with E-state index in [2.05, 4.69) is 33.1 Å². The van der Waals surface area contributed by atoms with E-state index in [-0.39, 0.29) is 0 Å². The monoisotopic (exact) mass is 223 g/mol. The second kappa shape index (κ2) is 4.84. The molecular formula is C10H10BrN. The van der Waals surface area contributed by atoms with E-state index in [4.69, 9.17) is 0 Å². The first-order chi connectivity index (χ1) is 5.83. The first-order valence-corrected chi connectivity index (χ1v) is 4.51. The second-order valence-corrected chi connectivity index (χ2v) is 3.20. The van der Waals surface area contributed by atoms with Gasteiger partial charge in [-0.1, -0.05) is 21.9 Å². The Morgan fingerprint density at radius 2 is 2.00 bits per heavy atom. The first kappa shape index (κ1) is 9.15. The van der Waals surface area contributed by atoms with E-state index < -0.39 is 0 Å². The minimum Gasteiger partial charge on any atom is -0.374 e. The van der Waals surface area contributed by atoms with Gasteiger partial charge in [0, 0.05) is 10.2 Å². The molecule has 0 unspecified atom stereocenters. The Morgan fingerprint density at radius 1 is 1.33 bits per heavy atom. The quantitative estimate of drug-likeness (QED) is 0.761. The van der Waals surface area contributed by atoms with Gasteiger partial charge in [-0.05, 0) is 31.2 Å². The Kier molecular flexibility index (Phi) is 3.69. The fourth-order valence-electron chi connectivity index (χ4n) is 0.802. The number of hydrogen-bond donors (Lipinski definition) is 1. The third-order valence-electron chi connectivity index (χ3n) is 1.40. The van der Waals surface area contributed by atoms with Crippen molar-refractivity contribution in [2.45, 2.75) is 6.92 Å². The summed E-state index contributed by atoms with van der Waals surface area (Å²) >= 11 is 3.37. The summed E-state index contributed by atoms with van der Waals surface area (Å²) in [6.07, 6.45) is 0. The topological polar surface area (TPSA) is 12.0 Å². The lowest BCUT2D eigenvalue weighted by molar-refractivity contribution is 1.37. The third-order valence-corrected chi connectivity index (χ3v) is 1.93. The van der Waals surface area contributed by atoms with Crippen LogP contribution < -0.4 is 5.32 Å². The van der Waals surface area contributed by atoms with Crippen molar-refractivity contribution in [3.63, 3.8) is 0 Å². The smallest absolute Gasteiger partial charge is 0.0765 e. The SMILES string of the molecule is CC#CCNc1ccc(Br)cc1. The Balaban J connectivity index is 2.51. The van der Waals surface area contributed by atoms with E-state index in [9.17, 15) is 0 Å². The molecule has 0 radical (unpaired) electrons. The van der Waals surface area contributed by atoms with Crippen LogP contribution in [0.15, 0.2) is 28.7 Å². The van der Waals surface area contributed by atoms with Crippen LogP contribution in [0.3, 0.4) is 0 Å². The van der Waals surface area contributed by atoms with Gasteiger partial charge in [-0.3, -0.25) is 0 Å². The van der Waals surface area contributed by atoms with Crippen LogP contribution in [0.2, 0.25) is 0 Å². The Morgan fingerprint density at radius 3 is 2.58 bits per heavy atom. The molecule has 1 aromatic rings. The number of hydrogen-bond acceptors (Lipinski definition) is 1. The van der Waals surface area contributed by atoms with Crippen LogP contribution in [0, 0.1) is 11.8 Å². The van der Waals surface area contributed by atoms with Crippen LogP contribution in [0.5, 0.6) is 0 Å². The van der Waals surface area contributed by atoms with Crippen molar-refractivity contribution in [2.24, 2.45) is 0 Å². The molecule has 0 saturated heterocycles. The second-order valence-electron chi connectivity index (χ2n) is 2.29. The van der Waals surface area contributed by atoms with Gasteiger partial charge in [0.2, 0.25) is 0 Å². The zero-order valence-electron chi connectivity index (χ0n) is 6.89. The lowest BCUT2D eigenvalue weighted by Gasteiger charge is -2.00. The van der Waals surface area contributed by atoms with Crippen molar-refractivity contribution in [1.29, 1.82) is 0 Å². The van der Waals surface area contributed by atoms with Gasteiger partial charge in [-0.2, -0.15) is 0 Å². The summed E-state index contributed by atoms with van der Waals surface area (Å²) in [7, 11) is 0. The fourth-order valence-corrected chi connectivity index (χ4v) is 1.07. The van der Waals surface area contributed by atoms with E-state index in [0.29, 0.717) is 6.54 Å². The number of anilines is 1. The van der Waals surface area contributed by atoms with E-state index in [0.717, 1.165) is 10.2 Å². The standard InChI is InChI=1S/C10H10BrN/c1-2-3-8-12-10-6-4-9(11)5-7-10/h4-7,12H,8H2,1H3. The summed E-state index contributed by atoms with van der Waals surface area (Å²) in [5, 5.41) is 3.18. The van der Waals surface area contributed by atoms with Crippen molar-refractivity contribution in [1.82, 2.24) is 0 Å². The molecule has 62 valence electrons. The Hall–Kier alpha value is -0.940. The molecule has 0 aliphatic heterocycles. The molecule has 0 amide bonds. The highest BCUT2D eigenvalue weighted by atomic mass is 79.9. The summed E-state index contributed by atoms with van der Waals surface area (Å²) < 4.78 is 1.09. The number of rotatable bonds is 2. The molecule has 0 heterocycles. The number of halogens is 1. The molecule has 0 saturated carbocycles. The highest BCUT2D eigenvalue weighted by molar-refractivity contribution is 9.10. The van der Waals surface area contributed by atoms with Gasteiger partial charge >= 0.3 is 0 Å².